The largest absolute Gasteiger partial charge is 0.478 e. The fourth-order valence-corrected chi connectivity index (χ4v) is 5.00. The summed E-state index contributed by atoms with van der Waals surface area (Å²) in [5.74, 6) is 1.05. The molecule has 5 rings (SSSR count). The molecule has 29 heavy (non-hydrogen) atoms. The fraction of sp³-hybridized carbons (Fsp3) is 0.348. The van der Waals surface area contributed by atoms with Crippen LogP contribution in [0.1, 0.15) is 41.1 Å². The minimum atomic E-state index is -0.892. The highest BCUT2D eigenvalue weighted by Gasteiger charge is 2.54. The third kappa shape index (κ3) is 3.23. The van der Waals surface area contributed by atoms with E-state index in [1.54, 1.807) is 12.1 Å². The van der Waals surface area contributed by atoms with Crippen LogP contribution in [0.4, 0.5) is 0 Å². The average molecular weight is 389 g/mol. The van der Waals surface area contributed by atoms with Crippen LogP contribution in [0, 0.1) is 5.92 Å². The quantitative estimate of drug-likeness (QED) is 0.711. The monoisotopic (exact) mass is 389 g/mol. The number of nitrogens with zero attached hydrogens (tertiary/aromatic N) is 3. The van der Waals surface area contributed by atoms with E-state index in [1.807, 2.05) is 42.5 Å². The summed E-state index contributed by atoms with van der Waals surface area (Å²) in [6.45, 7) is 2.70. The molecule has 0 spiro atoms. The highest BCUT2D eigenvalue weighted by atomic mass is 16.5. The van der Waals surface area contributed by atoms with E-state index in [-0.39, 0.29) is 5.41 Å². The minimum Gasteiger partial charge on any atom is -0.478 e. The number of carbonyl (C=O) groups is 1. The van der Waals surface area contributed by atoms with E-state index in [9.17, 15) is 4.79 Å². The summed E-state index contributed by atoms with van der Waals surface area (Å²) < 4.78 is 5.80. The molecule has 1 saturated heterocycles. The zero-order valence-electron chi connectivity index (χ0n) is 16.1. The highest BCUT2D eigenvalue weighted by molar-refractivity contribution is 5.87. The van der Waals surface area contributed by atoms with E-state index in [0.29, 0.717) is 17.3 Å². The number of hydrogen-bond donors (Lipinski definition) is 1. The van der Waals surface area contributed by atoms with Crippen LogP contribution in [0.5, 0.6) is 0 Å². The standard InChI is InChI=1S/C23H23N3O3/c27-21(28)18-10-8-16(9-11-18)13-26-14-19-7-4-12-23(19,15-26)22-24-20(25-29-22)17-5-2-1-3-6-17/h1-3,5-6,8-11,19H,4,7,12-15H2,(H,27,28)/t19-,23-/m1/s1. The summed E-state index contributed by atoms with van der Waals surface area (Å²) in [7, 11) is 0. The van der Waals surface area contributed by atoms with Crippen LogP contribution in [-0.2, 0) is 12.0 Å². The van der Waals surface area contributed by atoms with Crippen molar-refractivity contribution in [3.05, 3.63) is 71.6 Å². The molecule has 0 amide bonds. The van der Waals surface area contributed by atoms with Crippen molar-refractivity contribution < 1.29 is 14.4 Å². The summed E-state index contributed by atoms with van der Waals surface area (Å²) in [6, 6.07) is 17.1. The van der Waals surface area contributed by atoms with Crippen LogP contribution < -0.4 is 0 Å². The second-order valence-corrected chi connectivity index (χ2v) is 8.21. The van der Waals surface area contributed by atoms with Gasteiger partial charge in [0.15, 0.2) is 0 Å². The van der Waals surface area contributed by atoms with Gasteiger partial charge in [-0.3, -0.25) is 4.90 Å². The molecule has 2 aromatic carbocycles. The first-order valence-electron chi connectivity index (χ1n) is 10.1. The first-order valence-corrected chi connectivity index (χ1v) is 10.1. The normalized spacial score (nSPS) is 23.9. The number of fused-ring (bicyclic) bond motifs is 1. The molecule has 1 N–H and O–H groups in total. The number of carboxylic acids is 1. The van der Waals surface area contributed by atoms with Crippen LogP contribution in [-0.4, -0.2) is 39.2 Å². The Kier molecular flexibility index (Phi) is 4.43. The van der Waals surface area contributed by atoms with Crippen LogP contribution in [0.15, 0.2) is 59.1 Å². The van der Waals surface area contributed by atoms with E-state index in [4.69, 9.17) is 14.6 Å². The lowest BCUT2D eigenvalue weighted by Crippen LogP contribution is -2.32. The Morgan fingerprint density at radius 3 is 2.72 bits per heavy atom. The molecule has 2 aliphatic rings. The van der Waals surface area contributed by atoms with Crippen LogP contribution in [0.2, 0.25) is 0 Å². The minimum absolute atomic E-state index is 0.0684. The number of carboxylic acid groups (broad SMARTS) is 1. The van der Waals surface area contributed by atoms with E-state index in [1.165, 1.54) is 12.8 Å². The lowest BCUT2D eigenvalue weighted by atomic mass is 9.80. The second kappa shape index (κ2) is 7.12. The average Bonchev–Trinajstić information content (AvgIpc) is 3.43. The maximum Gasteiger partial charge on any atom is 0.335 e. The van der Waals surface area contributed by atoms with E-state index >= 15 is 0 Å². The summed E-state index contributed by atoms with van der Waals surface area (Å²) in [4.78, 5) is 18.3. The molecule has 0 unspecified atom stereocenters. The first-order chi connectivity index (χ1) is 14.1. The molecule has 2 heterocycles. The van der Waals surface area contributed by atoms with Crippen LogP contribution >= 0.6 is 0 Å². The highest BCUT2D eigenvalue weighted by Crippen LogP contribution is 2.50. The molecule has 2 fully saturated rings. The van der Waals surface area contributed by atoms with Gasteiger partial charge in [0.2, 0.25) is 11.7 Å². The number of aromatic nitrogens is 2. The molecule has 6 nitrogen and oxygen atoms in total. The van der Waals surface area contributed by atoms with E-state index in [0.717, 1.165) is 43.1 Å². The number of likely N-dealkylation sites (tertiary alicyclic amines) is 1. The summed E-state index contributed by atoms with van der Waals surface area (Å²) in [5.41, 5.74) is 2.35. The molecule has 6 heteroatoms. The number of aromatic carboxylic acids is 1. The Morgan fingerprint density at radius 2 is 1.97 bits per heavy atom. The zero-order valence-corrected chi connectivity index (χ0v) is 16.1. The van der Waals surface area contributed by atoms with Crippen molar-refractivity contribution in [2.75, 3.05) is 13.1 Å². The van der Waals surface area contributed by atoms with Crippen molar-refractivity contribution in [2.24, 2.45) is 5.92 Å². The molecule has 1 aliphatic heterocycles. The van der Waals surface area contributed by atoms with Gasteiger partial charge in [-0.2, -0.15) is 4.98 Å². The van der Waals surface area contributed by atoms with Gasteiger partial charge < -0.3 is 9.63 Å². The van der Waals surface area contributed by atoms with E-state index in [2.05, 4.69) is 10.1 Å². The number of benzene rings is 2. The first kappa shape index (κ1) is 18.1. The molecule has 1 aromatic heterocycles. The van der Waals surface area contributed by atoms with Gasteiger partial charge in [0.1, 0.15) is 0 Å². The van der Waals surface area contributed by atoms with Crippen molar-refractivity contribution >= 4 is 5.97 Å². The Bertz CT molecular complexity index is 1020. The van der Waals surface area contributed by atoms with Gasteiger partial charge in [0.05, 0.1) is 11.0 Å². The van der Waals surface area contributed by atoms with Gasteiger partial charge in [-0.15, -0.1) is 0 Å². The number of rotatable bonds is 5. The molecule has 0 bridgehead atoms. The molecule has 2 atom stereocenters. The van der Waals surface area contributed by atoms with Crippen LogP contribution in [0.3, 0.4) is 0 Å². The maximum absolute atomic E-state index is 11.1. The third-order valence-corrected chi connectivity index (χ3v) is 6.43. The van der Waals surface area contributed by atoms with Crippen LogP contribution in [0.25, 0.3) is 11.4 Å². The topological polar surface area (TPSA) is 79.5 Å². The van der Waals surface area contributed by atoms with Crippen molar-refractivity contribution in [3.63, 3.8) is 0 Å². The van der Waals surface area contributed by atoms with Crippen molar-refractivity contribution in [2.45, 2.75) is 31.2 Å². The van der Waals surface area contributed by atoms with Crippen molar-refractivity contribution in [1.29, 1.82) is 0 Å². The summed E-state index contributed by atoms with van der Waals surface area (Å²) in [6.07, 6.45) is 3.44. The lowest BCUT2D eigenvalue weighted by molar-refractivity contribution is 0.0697. The number of hydrogen-bond acceptors (Lipinski definition) is 5. The van der Waals surface area contributed by atoms with E-state index < -0.39 is 5.97 Å². The second-order valence-electron chi connectivity index (χ2n) is 8.21. The lowest BCUT2D eigenvalue weighted by Gasteiger charge is -2.24. The van der Waals surface area contributed by atoms with Gasteiger partial charge in [-0.1, -0.05) is 54.0 Å². The fourth-order valence-electron chi connectivity index (χ4n) is 5.00. The SMILES string of the molecule is O=C(O)c1ccc(CN2C[C@H]3CCC[C@@]3(c3nc(-c4ccccc4)no3)C2)cc1. The molecule has 1 aliphatic carbocycles. The van der Waals surface area contributed by atoms with Gasteiger partial charge in [0.25, 0.3) is 0 Å². The molecular formula is C23H23N3O3. The molecule has 3 aromatic rings. The summed E-state index contributed by atoms with van der Waals surface area (Å²) in [5, 5.41) is 13.3. The third-order valence-electron chi connectivity index (χ3n) is 6.43. The Hall–Kier alpha value is -2.99. The Morgan fingerprint density at radius 1 is 1.17 bits per heavy atom. The van der Waals surface area contributed by atoms with Gasteiger partial charge >= 0.3 is 5.97 Å². The Balaban J connectivity index is 1.36. The molecular weight excluding hydrogens is 366 g/mol. The predicted octanol–water partition coefficient (Wildman–Crippen LogP) is 3.99. The maximum atomic E-state index is 11.1. The van der Waals surface area contributed by atoms with Gasteiger partial charge in [0, 0.05) is 25.2 Å². The molecule has 148 valence electrons. The van der Waals surface area contributed by atoms with Gasteiger partial charge in [-0.25, -0.2) is 4.79 Å². The van der Waals surface area contributed by atoms with Crippen molar-refractivity contribution in [3.8, 4) is 11.4 Å². The summed E-state index contributed by atoms with van der Waals surface area (Å²) >= 11 is 0. The molecule has 1 saturated carbocycles. The zero-order chi connectivity index (χ0) is 19.8. The Labute approximate surface area is 169 Å². The smallest absolute Gasteiger partial charge is 0.335 e. The predicted molar refractivity (Wildman–Crippen MR) is 107 cm³/mol. The van der Waals surface area contributed by atoms with Crippen molar-refractivity contribution in [1.82, 2.24) is 15.0 Å². The van der Waals surface area contributed by atoms with Gasteiger partial charge in [-0.05, 0) is 36.5 Å². The molecule has 0 radical (unpaired) electrons.